The Morgan fingerprint density at radius 1 is 1.11 bits per heavy atom. The van der Waals surface area contributed by atoms with Crippen LogP contribution in [0.25, 0.3) is 0 Å². The monoisotopic (exact) mass is 315 g/mol. The topological polar surface area (TPSA) is 29.1 Å². The Bertz CT molecular complexity index is 229. The molecule has 0 spiro atoms. The highest BCUT2D eigenvalue weighted by molar-refractivity contribution is 6.67. The molecule has 0 aliphatic heterocycles. The van der Waals surface area contributed by atoms with Crippen molar-refractivity contribution in [2.24, 2.45) is 0 Å². The number of unbranched alkanes of at least 4 members (excludes halogenated alkanes) is 3. The predicted octanol–water partition coefficient (Wildman–Crippen LogP) is 5.00. The van der Waals surface area contributed by atoms with Gasteiger partial charge >= 0.3 is 0 Å². The molecule has 108 valence electrons. The summed E-state index contributed by atoms with van der Waals surface area (Å²) in [6.45, 7) is 3.74. The van der Waals surface area contributed by atoms with Crippen LogP contribution in [0.1, 0.15) is 65.2 Å². The van der Waals surface area contributed by atoms with Crippen LogP contribution in [0.2, 0.25) is 0 Å². The van der Waals surface area contributed by atoms with Gasteiger partial charge in [0.05, 0.1) is 0 Å². The van der Waals surface area contributed by atoms with Gasteiger partial charge in [0.1, 0.15) is 0 Å². The van der Waals surface area contributed by atoms with Gasteiger partial charge in [-0.25, -0.2) is 0 Å². The number of hydrogen-bond acceptors (Lipinski definition) is 1. The summed E-state index contributed by atoms with van der Waals surface area (Å²) in [5, 5.41) is 2.97. The van der Waals surface area contributed by atoms with Crippen molar-refractivity contribution in [2.45, 2.75) is 75.0 Å². The van der Waals surface area contributed by atoms with Crippen LogP contribution in [0, 0.1) is 0 Å². The first-order chi connectivity index (χ1) is 8.35. The maximum Gasteiger partial charge on any atom is 0.217 e. The molecule has 0 saturated heterocycles. The van der Waals surface area contributed by atoms with Crippen LogP contribution < -0.4 is 5.32 Å². The molecular weight excluding hydrogens is 293 g/mol. The molecule has 0 radical (unpaired) electrons. The molecule has 1 N–H and O–H groups in total. The first-order valence-electron chi connectivity index (χ1n) is 6.69. The van der Waals surface area contributed by atoms with E-state index in [0.29, 0.717) is 6.42 Å². The van der Waals surface area contributed by atoms with Crippen molar-refractivity contribution in [1.29, 1.82) is 0 Å². The smallest absolute Gasteiger partial charge is 0.217 e. The zero-order valence-corrected chi connectivity index (χ0v) is 13.5. The second kappa shape index (κ2) is 10.2. The van der Waals surface area contributed by atoms with E-state index in [-0.39, 0.29) is 11.9 Å². The highest BCUT2D eigenvalue weighted by Crippen LogP contribution is 2.32. The van der Waals surface area contributed by atoms with Gasteiger partial charge in [-0.15, -0.1) is 0 Å². The summed E-state index contributed by atoms with van der Waals surface area (Å²) in [5.74, 6) is 0.0179. The van der Waals surface area contributed by atoms with Gasteiger partial charge in [0, 0.05) is 13.0 Å². The molecule has 0 aromatic heterocycles. The third-order valence-corrected chi connectivity index (χ3v) is 3.39. The first-order valence-corrected chi connectivity index (χ1v) is 7.82. The highest BCUT2D eigenvalue weighted by atomic mass is 35.6. The average molecular weight is 317 g/mol. The number of rotatable bonds is 9. The zero-order valence-electron chi connectivity index (χ0n) is 11.3. The molecule has 0 aliphatic carbocycles. The van der Waals surface area contributed by atoms with Crippen molar-refractivity contribution in [3.63, 3.8) is 0 Å². The van der Waals surface area contributed by atoms with Gasteiger partial charge in [-0.1, -0.05) is 67.4 Å². The van der Waals surface area contributed by atoms with E-state index in [1.54, 1.807) is 6.92 Å². The van der Waals surface area contributed by atoms with Gasteiger partial charge in [-0.3, -0.25) is 4.79 Å². The molecule has 0 bridgehead atoms. The largest absolute Gasteiger partial charge is 0.354 e. The fourth-order valence-electron chi connectivity index (χ4n) is 1.94. The standard InChI is InChI=1S/C13H24Cl3NO/c1-3-4-5-6-8-12(17-11(2)18)9-7-10-13(14,15)16/h12H,3-10H2,1-2H3,(H,17,18)/t12-/m0/s1. The predicted molar refractivity (Wildman–Crippen MR) is 80.5 cm³/mol. The molecule has 0 heterocycles. The van der Waals surface area contributed by atoms with Crippen LogP contribution in [0.15, 0.2) is 0 Å². The number of amides is 1. The summed E-state index contributed by atoms with van der Waals surface area (Å²) in [7, 11) is 0. The molecule has 0 rings (SSSR count). The molecule has 0 saturated carbocycles. The van der Waals surface area contributed by atoms with E-state index in [1.807, 2.05) is 0 Å². The number of alkyl halides is 3. The number of carbonyl (C=O) groups excluding carboxylic acids is 1. The minimum atomic E-state index is -1.18. The van der Waals surface area contributed by atoms with Gasteiger partial charge in [0.25, 0.3) is 0 Å². The van der Waals surface area contributed by atoms with Crippen molar-refractivity contribution in [3.8, 4) is 0 Å². The molecule has 0 aromatic rings. The van der Waals surface area contributed by atoms with Gasteiger partial charge in [0.2, 0.25) is 5.91 Å². The molecule has 2 nitrogen and oxygen atoms in total. The Kier molecular flexibility index (Phi) is 10.4. The summed E-state index contributed by atoms with van der Waals surface area (Å²) >= 11 is 17.1. The Hall–Kier alpha value is 0.340. The van der Waals surface area contributed by atoms with E-state index in [0.717, 1.165) is 25.7 Å². The Morgan fingerprint density at radius 2 is 1.72 bits per heavy atom. The van der Waals surface area contributed by atoms with Crippen molar-refractivity contribution >= 4 is 40.7 Å². The fourth-order valence-corrected chi connectivity index (χ4v) is 2.34. The van der Waals surface area contributed by atoms with Crippen molar-refractivity contribution in [3.05, 3.63) is 0 Å². The second-order valence-electron chi connectivity index (χ2n) is 4.75. The number of hydrogen-bond donors (Lipinski definition) is 1. The molecule has 0 fully saturated rings. The van der Waals surface area contributed by atoms with Crippen LogP contribution in [0.4, 0.5) is 0 Å². The van der Waals surface area contributed by atoms with Crippen molar-refractivity contribution in [1.82, 2.24) is 5.32 Å². The lowest BCUT2D eigenvalue weighted by Gasteiger charge is -2.19. The maximum atomic E-state index is 11.1. The lowest BCUT2D eigenvalue weighted by atomic mass is 10.0. The molecule has 0 aliphatic rings. The normalized spacial score (nSPS) is 13.4. The van der Waals surface area contributed by atoms with E-state index in [4.69, 9.17) is 34.8 Å². The molecule has 18 heavy (non-hydrogen) atoms. The van der Waals surface area contributed by atoms with Gasteiger partial charge < -0.3 is 5.32 Å². The van der Waals surface area contributed by atoms with E-state index in [9.17, 15) is 4.79 Å². The SMILES string of the molecule is CCCCCC[C@@H](CCCC(Cl)(Cl)Cl)NC(C)=O. The summed E-state index contributed by atoms with van der Waals surface area (Å²) < 4.78 is -1.18. The molecular formula is C13H24Cl3NO. The van der Waals surface area contributed by atoms with Crippen LogP contribution in [-0.4, -0.2) is 15.7 Å². The van der Waals surface area contributed by atoms with Crippen molar-refractivity contribution in [2.75, 3.05) is 0 Å². The minimum absolute atomic E-state index is 0.0179. The van der Waals surface area contributed by atoms with E-state index in [1.165, 1.54) is 19.3 Å². The van der Waals surface area contributed by atoms with Crippen LogP contribution >= 0.6 is 34.8 Å². The van der Waals surface area contributed by atoms with Crippen molar-refractivity contribution < 1.29 is 4.79 Å². The molecule has 5 heteroatoms. The molecule has 0 unspecified atom stereocenters. The lowest BCUT2D eigenvalue weighted by Crippen LogP contribution is -2.33. The summed E-state index contributed by atoms with van der Waals surface area (Å²) in [4.78, 5) is 11.1. The zero-order chi connectivity index (χ0) is 14.0. The average Bonchev–Trinajstić information content (AvgIpc) is 2.21. The van der Waals surface area contributed by atoms with Crippen LogP contribution in [0.5, 0.6) is 0 Å². The molecule has 1 atom stereocenters. The lowest BCUT2D eigenvalue weighted by molar-refractivity contribution is -0.119. The summed E-state index contributed by atoms with van der Waals surface area (Å²) in [5.41, 5.74) is 0. The molecule has 1 amide bonds. The van der Waals surface area contributed by atoms with E-state index < -0.39 is 3.79 Å². The van der Waals surface area contributed by atoms with E-state index >= 15 is 0 Å². The van der Waals surface area contributed by atoms with Gasteiger partial charge in [-0.2, -0.15) is 0 Å². The number of carbonyl (C=O) groups is 1. The number of nitrogens with one attached hydrogen (secondary N) is 1. The molecule has 0 aromatic carbocycles. The summed E-state index contributed by atoms with van der Waals surface area (Å²) in [6, 6.07) is 0.215. The van der Waals surface area contributed by atoms with Gasteiger partial charge in [0.15, 0.2) is 3.79 Å². The quantitative estimate of drug-likeness (QED) is 0.470. The Labute approximate surface area is 126 Å². The highest BCUT2D eigenvalue weighted by Gasteiger charge is 2.20. The third kappa shape index (κ3) is 12.8. The number of halogens is 3. The van der Waals surface area contributed by atoms with Gasteiger partial charge in [-0.05, 0) is 25.7 Å². The third-order valence-electron chi connectivity index (χ3n) is 2.83. The Morgan fingerprint density at radius 3 is 2.22 bits per heavy atom. The first kappa shape index (κ1) is 18.3. The Balaban J connectivity index is 3.87. The minimum Gasteiger partial charge on any atom is -0.354 e. The maximum absolute atomic E-state index is 11.1. The second-order valence-corrected chi connectivity index (χ2v) is 7.27. The fraction of sp³-hybridized carbons (Fsp3) is 0.923. The summed E-state index contributed by atoms with van der Waals surface area (Å²) in [6.07, 6.45) is 8.07. The van der Waals surface area contributed by atoms with E-state index in [2.05, 4.69) is 12.2 Å². The van der Waals surface area contributed by atoms with Crippen LogP contribution in [-0.2, 0) is 4.79 Å². The van der Waals surface area contributed by atoms with Crippen LogP contribution in [0.3, 0.4) is 0 Å².